The molecule has 2 aromatic rings. The molecule has 0 bridgehead atoms. The van der Waals surface area contributed by atoms with E-state index >= 15 is 0 Å². The Morgan fingerprint density at radius 3 is 2.50 bits per heavy atom. The number of nitrogens with one attached hydrogen (secondary N) is 2. The maximum Gasteiger partial charge on any atom is 0.329 e. The summed E-state index contributed by atoms with van der Waals surface area (Å²) in [4.78, 5) is 23.1. The Morgan fingerprint density at radius 2 is 1.82 bits per heavy atom. The first-order chi connectivity index (χ1) is 10.5. The topological polar surface area (TPSA) is 70.6 Å². The van der Waals surface area contributed by atoms with Crippen molar-refractivity contribution in [2.45, 2.75) is 0 Å². The van der Waals surface area contributed by atoms with Crippen molar-refractivity contribution >= 4 is 35.3 Å². The number of carbonyl (C=O) groups is 2. The van der Waals surface area contributed by atoms with Gasteiger partial charge >= 0.3 is 11.8 Å². The highest BCUT2D eigenvalue weighted by Crippen LogP contribution is 2.09. The van der Waals surface area contributed by atoms with Crippen molar-refractivity contribution in [3.63, 3.8) is 0 Å². The highest BCUT2D eigenvalue weighted by Gasteiger charge is 2.12. The van der Waals surface area contributed by atoms with Crippen LogP contribution in [0.5, 0.6) is 0 Å². The third kappa shape index (κ3) is 4.68. The molecule has 2 N–H and O–H groups in total. The summed E-state index contributed by atoms with van der Waals surface area (Å²) in [6, 6.07) is 11.9. The van der Waals surface area contributed by atoms with Crippen LogP contribution in [0.25, 0.3) is 0 Å². The zero-order valence-corrected chi connectivity index (χ0v) is 12.0. The molecule has 2 amide bonds. The normalized spacial score (nSPS) is 10.5. The van der Waals surface area contributed by atoms with Gasteiger partial charge in [0.15, 0.2) is 0 Å². The van der Waals surface area contributed by atoms with Crippen LogP contribution in [0.15, 0.2) is 53.6 Å². The Bertz CT molecular complexity index is 717. The van der Waals surface area contributed by atoms with E-state index in [9.17, 15) is 14.0 Å². The van der Waals surface area contributed by atoms with Crippen molar-refractivity contribution in [3.8, 4) is 0 Å². The van der Waals surface area contributed by atoms with Crippen LogP contribution in [0, 0.1) is 5.82 Å². The lowest BCUT2D eigenvalue weighted by molar-refractivity contribution is -0.136. The molecule has 5 nitrogen and oxygen atoms in total. The van der Waals surface area contributed by atoms with Gasteiger partial charge in [-0.25, -0.2) is 9.82 Å². The summed E-state index contributed by atoms with van der Waals surface area (Å²) < 4.78 is 13.0. The first-order valence-corrected chi connectivity index (χ1v) is 6.58. The minimum absolute atomic E-state index is 0.182. The number of hydrogen-bond acceptors (Lipinski definition) is 3. The SMILES string of the molecule is O=C(N/N=C\c1ccc(Cl)cc1)C(=O)Nc1cccc(F)c1. The van der Waals surface area contributed by atoms with E-state index in [2.05, 4.69) is 15.8 Å². The molecule has 2 rings (SSSR count). The summed E-state index contributed by atoms with van der Waals surface area (Å²) in [7, 11) is 0. The van der Waals surface area contributed by atoms with Crippen LogP contribution < -0.4 is 10.7 Å². The van der Waals surface area contributed by atoms with Gasteiger partial charge in [-0.3, -0.25) is 9.59 Å². The predicted molar refractivity (Wildman–Crippen MR) is 82.2 cm³/mol. The van der Waals surface area contributed by atoms with Gasteiger partial charge in [0.25, 0.3) is 0 Å². The lowest BCUT2D eigenvalue weighted by Gasteiger charge is -2.03. The minimum atomic E-state index is -0.963. The van der Waals surface area contributed by atoms with Crippen molar-refractivity contribution < 1.29 is 14.0 Å². The van der Waals surface area contributed by atoms with Crippen LogP contribution in [0.1, 0.15) is 5.56 Å². The highest BCUT2D eigenvalue weighted by atomic mass is 35.5. The Labute approximate surface area is 130 Å². The second-order valence-electron chi connectivity index (χ2n) is 4.22. The zero-order valence-electron chi connectivity index (χ0n) is 11.2. The standard InChI is InChI=1S/C15H11ClFN3O2/c16-11-6-4-10(5-7-11)9-18-20-15(22)14(21)19-13-3-1-2-12(17)8-13/h1-9H,(H,19,21)(H,20,22)/b18-9-. The smallest absolute Gasteiger partial charge is 0.318 e. The molecule has 0 aliphatic rings. The van der Waals surface area contributed by atoms with Gasteiger partial charge in [0.1, 0.15) is 5.82 Å². The molecule has 2 aromatic carbocycles. The third-order valence-corrected chi connectivity index (χ3v) is 2.79. The van der Waals surface area contributed by atoms with E-state index in [1.165, 1.54) is 24.4 Å². The molecule has 0 heterocycles. The van der Waals surface area contributed by atoms with Crippen LogP contribution in [0.4, 0.5) is 10.1 Å². The molecule has 0 aliphatic heterocycles. The summed E-state index contributed by atoms with van der Waals surface area (Å²) in [5.41, 5.74) is 2.96. The predicted octanol–water partition coefficient (Wildman–Crippen LogP) is 2.57. The molecule has 0 radical (unpaired) electrons. The fourth-order valence-corrected chi connectivity index (χ4v) is 1.65. The molecule has 0 atom stereocenters. The summed E-state index contributed by atoms with van der Waals surface area (Å²) >= 11 is 5.73. The molecule has 0 unspecified atom stereocenters. The number of carbonyl (C=O) groups excluding carboxylic acids is 2. The van der Waals surface area contributed by atoms with E-state index in [1.807, 2.05) is 0 Å². The van der Waals surface area contributed by atoms with Gasteiger partial charge in [0.05, 0.1) is 6.21 Å². The van der Waals surface area contributed by atoms with Gasteiger partial charge in [-0.15, -0.1) is 0 Å². The molecule has 0 saturated heterocycles. The van der Waals surface area contributed by atoms with E-state index in [1.54, 1.807) is 24.3 Å². The Morgan fingerprint density at radius 1 is 1.09 bits per heavy atom. The Balaban J connectivity index is 1.89. The second-order valence-corrected chi connectivity index (χ2v) is 4.65. The molecular weight excluding hydrogens is 309 g/mol. The first kappa shape index (κ1) is 15.7. The molecule has 22 heavy (non-hydrogen) atoms. The molecular formula is C15H11ClFN3O2. The lowest BCUT2D eigenvalue weighted by Crippen LogP contribution is -2.32. The molecule has 0 aromatic heterocycles. The van der Waals surface area contributed by atoms with Crippen LogP contribution in [-0.4, -0.2) is 18.0 Å². The van der Waals surface area contributed by atoms with Crippen LogP contribution >= 0.6 is 11.6 Å². The molecule has 112 valence electrons. The number of amides is 2. The van der Waals surface area contributed by atoms with Crippen LogP contribution in [-0.2, 0) is 9.59 Å². The summed E-state index contributed by atoms with van der Waals surface area (Å²) in [5.74, 6) is -2.42. The maximum atomic E-state index is 13.0. The summed E-state index contributed by atoms with van der Waals surface area (Å²) in [6.45, 7) is 0. The number of benzene rings is 2. The third-order valence-electron chi connectivity index (χ3n) is 2.54. The average Bonchev–Trinajstić information content (AvgIpc) is 2.49. The molecule has 0 saturated carbocycles. The van der Waals surface area contributed by atoms with E-state index in [4.69, 9.17) is 11.6 Å². The van der Waals surface area contributed by atoms with Gasteiger partial charge in [0, 0.05) is 10.7 Å². The number of halogens is 2. The second kappa shape index (κ2) is 7.33. The lowest BCUT2D eigenvalue weighted by atomic mass is 10.2. The number of hydrogen-bond donors (Lipinski definition) is 2. The Kier molecular flexibility index (Phi) is 5.21. The largest absolute Gasteiger partial charge is 0.329 e. The van der Waals surface area contributed by atoms with E-state index in [0.717, 1.165) is 6.07 Å². The van der Waals surface area contributed by atoms with Crippen LogP contribution in [0.3, 0.4) is 0 Å². The maximum absolute atomic E-state index is 13.0. The average molecular weight is 320 g/mol. The van der Waals surface area contributed by atoms with E-state index in [-0.39, 0.29) is 5.69 Å². The van der Waals surface area contributed by atoms with E-state index in [0.29, 0.717) is 10.6 Å². The van der Waals surface area contributed by atoms with Crippen molar-refractivity contribution in [2.24, 2.45) is 5.10 Å². The minimum Gasteiger partial charge on any atom is -0.318 e. The molecule has 0 aliphatic carbocycles. The molecule has 0 fully saturated rings. The molecule has 7 heteroatoms. The quantitative estimate of drug-likeness (QED) is 0.518. The Hall–Kier alpha value is -2.73. The fourth-order valence-electron chi connectivity index (χ4n) is 1.52. The number of anilines is 1. The first-order valence-electron chi connectivity index (χ1n) is 6.20. The van der Waals surface area contributed by atoms with Gasteiger partial charge in [-0.05, 0) is 35.9 Å². The van der Waals surface area contributed by atoms with Crippen molar-refractivity contribution in [1.29, 1.82) is 0 Å². The van der Waals surface area contributed by atoms with Crippen molar-refractivity contribution in [2.75, 3.05) is 5.32 Å². The van der Waals surface area contributed by atoms with E-state index < -0.39 is 17.6 Å². The van der Waals surface area contributed by atoms with Crippen molar-refractivity contribution in [3.05, 3.63) is 64.9 Å². The fraction of sp³-hybridized carbons (Fsp3) is 0. The number of rotatable bonds is 3. The van der Waals surface area contributed by atoms with Gasteiger partial charge in [0.2, 0.25) is 0 Å². The highest BCUT2D eigenvalue weighted by molar-refractivity contribution is 6.39. The van der Waals surface area contributed by atoms with Gasteiger partial charge < -0.3 is 5.32 Å². The van der Waals surface area contributed by atoms with Gasteiger partial charge in [-0.1, -0.05) is 29.8 Å². The monoisotopic (exact) mass is 319 g/mol. The number of hydrazone groups is 1. The summed E-state index contributed by atoms with van der Waals surface area (Å²) in [5, 5.41) is 6.48. The van der Waals surface area contributed by atoms with Gasteiger partial charge in [-0.2, -0.15) is 5.10 Å². The molecule has 0 spiro atoms. The van der Waals surface area contributed by atoms with Crippen molar-refractivity contribution in [1.82, 2.24) is 5.43 Å². The summed E-state index contributed by atoms with van der Waals surface area (Å²) in [6.07, 6.45) is 1.36. The van der Waals surface area contributed by atoms with Crippen LogP contribution in [0.2, 0.25) is 5.02 Å². The number of nitrogens with zero attached hydrogens (tertiary/aromatic N) is 1. The zero-order chi connectivity index (χ0) is 15.9.